The first-order chi connectivity index (χ1) is 8.65. The minimum absolute atomic E-state index is 0. The number of nitrogens with zero attached hydrogens (tertiary/aromatic N) is 1. The Morgan fingerprint density at radius 2 is 2.21 bits per heavy atom. The van der Waals surface area contributed by atoms with Crippen molar-refractivity contribution in [1.29, 1.82) is 0 Å². The van der Waals surface area contributed by atoms with E-state index in [-0.39, 0.29) is 36.3 Å². The zero-order valence-corrected chi connectivity index (χ0v) is 12.0. The predicted octanol–water partition coefficient (Wildman–Crippen LogP) is 0.286. The van der Waals surface area contributed by atoms with E-state index in [0.29, 0.717) is 24.9 Å². The van der Waals surface area contributed by atoms with Crippen LogP contribution < -0.4 is 10.6 Å². The van der Waals surface area contributed by atoms with Crippen LogP contribution in [0.3, 0.4) is 0 Å². The molecular formula is C13H22ClN3O2. The average Bonchev–Trinajstić information content (AvgIpc) is 2.80. The number of nitrogens with one attached hydrogen (secondary N) is 2. The van der Waals surface area contributed by atoms with Crippen molar-refractivity contribution in [3.8, 4) is 0 Å². The summed E-state index contributed by atoms with van der Waals surface area (Å²) in [5, 5.41) is 6.20. The molecule has 0 aromatic rings. The summed E-state index contributed by atoms with van der Waals surface area (Å²) >= 11 is 0. The minimum Gasteiger partial charge on any atom is -0.350 e. The molecule has 5 nitrogen and oxygen atoms in total. The lowest BCUT2D eigenvalue weighted by Gasteiger charge is -2.18. The molecule has 2 N–H and O–H groups in total. The number of hydrogen-bond acceptors (Lipinski definition) is 3. The number of hydrogen-bond donors (Lipinski definition) is 2. The Kier molecular flexibility index (Phi) is 4.36. The molecule has 3 rings (SSSR count). The van der Waals surface area contributed by atoms with Gasteiger partial charge in [0.1, 0.15) is 0 Å². The third-order valence-corrected chi connectivity index (χ3v) is 4.35. The lowest BCUT2D eigenvalue weighted by Crippen LogP contribution is -2.46. The van der Waals surface area contributed by atoms with Gasteiger partial charge in [0.25, 0.3) is 0 Å². The summed E-state index contributed by atoms with van der Waals surface area (Å²) in [6, 6.07) is 0.401. The number of carbonyl (C=O) groups excluding carboxylic acids is 2. The largest absolute Gasteiger partial charge is 0.350 e. The summed E-state index contributed by atoms with van der Waals surface area (Å²) in [4.78, 5) is 25.8. The SMILES string of the molecule is CC1CC1N1CC(NC(=O)C2CCCN2)CC1=O.Cl. The monoisotopic (exact) mass is 287 g/mol. The molecule has 4 unspecified atom stereocenters. The van der Waals surface area contributed by atoms with Gasteiger partial charge in [-0.2, -0.15) is 0 Å². The fourth-order valence-electron chi connectivity index (χ4n) is 3.10. The number of likely N-dealkylation sites (tertiary alicyclic amines) is 1. The molecule has 3 aliphatic rings. The van der Waals surface area contributed by atoms with Crippen LogP contribution in [0.25, 0.3) is 0 Å². The topological polar surface area (TPSA) is 61.4 Å². The highest BCUT2D eigenvalue weighted by Gasteiger charge is 2.45. The van der Waals surface area contributed by atoms with Crippen molar-refractivity contribution in [2.75, 3.05) is 13.1 Å². The lowest BCUT2D eigenvalue weighted by molar-refractivity contribution is -0.128. The van der Waals surface area contributed by atoms with E-state index in [9.17, 15) is 9.59 Å². The van der Waals surface area contributed by atoms with Crippen LogP contribution in [0.15, 0.2) is 0 Å². The van der Waals surface area contributed by atoms with Gasteiger partial charge in [-0.05, 0) is 31.7 Å². The van der Waals surface area contributed by atoms with Gasteiger partial charge in [0.05, 0.1) is 12.1 Å². The number of rotatable bonds is 3. The van der Waals surface area contributed by atoms with Crippen LogP contribution in [0.5, 0.6) is 0 Å². The maximum atomic E-state index is 12.0. The third kappa shape index (κ3) is 3.03. The lowest BCUT2D eigenvalue weighted by atomic mass is 10.2. The van der Waals surface area contributed by atoms with Gasteiger partial charge >= 0.3 is 0 Å². The molecule has 1 saturated carbocycles. The second-order valence-electron chi connectivity index (χ2n) is 5.89. The van der Waals surface area contributed by atoms with Gasteiger partial charge in [0, 0.05) is 19.0 Å². The average molecular weight is 288 g/mol. The summed E-state index contributed by atoms with van der Waals surface area (Å²) in [6.07, 6.45) is 3.57. The quantitative estimate of drug-likeness (QED) is 0.784. The van der Waals surface area contributed by atoms with Crippen molar-refractivity contribution in [2.45, 2.75) is 50.7 Å². The Bertz CT molecular complexity index is 371. The predicted molar refractivity (Wildman–Crippen MR) is 74.1 cm³/mol. The Morgan fingerprint density at radius 1 is 1.47 bits per heavy atom. The Labute approximate surface area is 119 Å². The zero-order valence-electron chi connectivity index (χ0n) is 11.2. The number of carbonyl (C=O) groups is 2. The molecule has 6 heteroatoms. The molecule has 19 heavy (non-hydrogen) atoms. The highest BCUT2D eigenvalue weighted by Crippen LogP contribution is 2.37. The van der Waals surface area contributed by atoms with Crippen LogP contribution in [0.4, 0.5) is 0 Å². The maximum Gasteiger partial charge on any atom is 0.237 e. The zero-order chi connectivity index (χ0) is 12.7. The fourth-order valence-corrected chi connectivity index (χ4v) is 3.10. The van der Waals surface area contributed by atoms with Crippen LogP contribution in [-0.2, 0) is 9.59 Å². The van der Waals surface area contributed by atoms with Crippen molar-refractivity contribution in [2.24, 2.45) is 5.92 Å². The van der Waals surface area contributed by atoms with E-state index in [1.807, 2.05) is 4.90 Å². The molecule has 2 aliphatic heterocycles. The first-order valence-electron chi connectivity index (χ1n) is 6.98. The molecule has 2 heterocycles. The van der Waals surface area contributed by atoms with Crippen LogP contribution in [-0.4, -0.2) is 47.9 Å². The standard InChI is InChI=1S/C13H21N3O2.ClH/c1-8-5-11(8)16-7-9(6-12(16)17)15-13(18)10-3-2-4-14-10;/h8-11,14H,2-7H2,1H3,(H,15,18);1H. The summed E-state index contributed by atoms with van der Waals surface area (Å²) < 4.78 is 0. The van der Waals surface area contributed by atoms with Gasteiger partial charge in [0.2, 0.25) is 11.8 Å². The van der Waals surface area contributed by atoms with Crippen molar-refractivity contribution < 1.29 is 9.59 Å². The Balaban J connectivity index is 0.00000133. The third-order valence-electron chi connectivity index (χ3n) is 4.35. The van der Waals surface area contributed by atoms with E-state index in [4.69, 9.17) is 0 Å². The Morgan fingerprint density at radius 3 is 2.79 bits per heavy atom. The molecule has 0 radical (unpaired) electrons. The molecule has 4 atom stereocenters. The first-order valence-corrected chi connectivity index (χ1v) is 6.98. The van der Waals surface area contributed by atoms with Crippen molar-refractivity contribution >= 4 is 24.2 Å². The second kappa shape index (κ2) is 5.67. The molecule has 0 aromatic heterocycles. The van der Waals surface area contributed by atoms with Crippen LogP contribution >= 0.6 is 12.4 Å². The highest BCUT2D eigenvalue weighted by atomic mass is 35.5. The number of halogens is 1. The van der Waals surface area contributed by atoms with Crippen LogP contribution in [0, 0.1) is 5.92 Å². The van der Waals surface area contributed by atoms with Gasteiger partial charge in [-0.1, -0.05) is 6.92 Å². The van der Waals surface area contributed by atoms with E-state index in [0.717, 1.165) is 25.8 Å². The molecule has 0 spiro atoms. The Hall–Kier alpha value is -0.810. The second-order valence-corrected chi connectivity index (χ2v) is 5.89. The number of amides is 2. The molecule has 0 aromatic carbocycles. The van der Waals surface area contributed by atoms with Crippen molar-refractivity contribution in [1.82, 2.24) is 15.5 Å². The smallest absolute Gasteiger partial charge is 0.237 e. The summed E-state index contributed by atoms with van der Waals surface area (Å²) in [5.41, 5.74) is 0. The minimum atomic E-state index is -0.0472. The van der Waals surface area contributed by atoms with Gasteiger partial charge < -0.3 is 15.5 Å². The molecule has 3 fully saturated rings. The molecular weight excluding hydrogens is 266 g/mol. The van der Waals surface area contributed by atoms with E-state index in [1.165, 1.54) is 0 Å². The fraction of sp³-hybridized carbons (Fsp3) is 0.846. The first kappa shape index (κ1) is 14.6. The van der Waals surface area contributed by atoms with Crippen molar-refractivity contribution in [3.63, 3.8) is 0 Å². The van der Waals surface area contributed by atoms with E-state index < -0.39 is 0 Å². The van der Waals surface area contributed by atoms with Gasteiger partial charge in [-0.3, -0.25) is 9.59 Å². The molecule has 2 amide bonds. The van der Waals surface area contributed by atoms with E-state index in [2.05, 4.69) is 17.6 Å². The van der Waals surface area contributed by atoms with Gasteiger partial charge in [-0.15, -0.1) is 12.4 Å². The van der Waals surface area contributed by atoms with Crippen LogP contribution in [0.1, 0.15) is 32.6 Å². The maximum absolute atomic E-state index is 12.0. The molecule has 2 saturated heterocycles. The van der Waals surface area contributed by atoms with Crippen molar-refractivity contribution in [3.05, 3.63) is 0 Å². The summed E-state index contributed by atoms with van der Waals surface area (Å²) in [7, 11) is 0. The molecule has 108 valence electrons. The van der Waals surface area contributed by atoms with Gasteiger partial charge in [-0.25, -0.2) is 0 Å². The van der Waals surface area contributed by atoms with Crippen LogP contribution in [0.2, 0.25) is 0 Å². The van der Waals surface area contributed by atoms with E-state index in [1.54, 1.807) is 0 Å². The summed E-state index contributed by atoms with van der Waals surface area (Å²) in [6.45, 7) is 3.80. The molecule has 1 aliphatic carbocycles. The summed E-state index contributed by atoms with van der Waals surface area (Å²) in [5.74, 6) is 0.907. The normalized spacial score (nSPS) is 37.1. The highest BCUT2D eigenvalue weighted by molar-refractivity contribution is 5.85. The molecule has 0 bridgehead atoms. The van der Waals surface area contributed by atoms with Gasteiger partial charge in [0.15, 0.2) is 0 Å². The van der Waals surface area contributed by atoms with E-state index >= 15 is 0 Å².